The molecule has 0 atom stereocenters. The zero-order chi connectivity index (χ0) is 16.8. The minimum atomic E-state index is -0.165. The minimum Gasteiger partial charge on any atom is -0.358 e. The van der Waals surface area contributed by atoms with E-state index in [9.17, 15) is 4.79 Å². The van der Waals surface area contributed by atoms with Crippen molar-refractivity contribution >= 4 is 33.7 Å². The van der Waals surface area contributed by atoms with Crippen molar-refractivity contribution in [3.05, 3.63) is 41.2 Å². The van der Waals surface area contributed by atoms with Gasteiger partial charge in [-0.25, -0.2) is 4.68 Å². The number of amides is 1. The molecule has 1 aromatic carbocycles. The fourth-order valence-electron chi connectivity index (χ4n) is 3.20. The fourth-order valence-corrected chi connectivity index (χ4v) is 3.20. The maximum atomic E-state index is 12.9. The maximum Gasteiger partial charge on any atom is 0.259 e. The quantitative estimate of drug-likeness (QED) is 0.541. The number of aromatic amines is 2. The number of fused-ring (bicyclic) bond motifs is 2. The Kier molecular flexibility index (Phi) is 3.16. The number of aromatic nitrogens is 5. The normalized spacial score (nSPS) is 11.5. The molecule has 0 aliphatic heterocycles. The molecule has 1 amide bonds. The summed E-state index contributed by atoms with van der Waals surface area (Å²) in [4.78, 5) is 16.1. The molecule has 24 heavy (non-hydrogen) atoms. The number of anilines is 1. The topological polar surface area (TPSA) is 91.4 Å². The van der Waals surface area contributed by atoms with Gasteiger partial charge in [0.25, 0.3) is 5.91 Å². The van der Waals surface area contributed by atoms with Crippen LogP contribution in [0, 0.1) is 6.92 Å². The van der Waals surface area contributed by atoms with Gasteiger partial charge in [-0.2, -0.15) is 10.2 Å². The zero-order valence-electron chi connectivity index (χ0n) is 13.8. The maximum absolute atomic E-state index is 12.9. The second-order valence-electron chi connectivity index (χ2n) is 5.85. The molecule has 0 aliphatic rings. The van der Waals surface area contributed by atoms with Gasteiger partial charge in [0, 0.05) is 23.6 Å². The van der Waals surface area contributed by atoms with E-state index >= 15 is 0 Å². The molecular weight excluding hydrogens is 304 g/mol. The van der Waals surface area contributed by atoms with Crippen LogP contribution in [0.15, 0.2) is 24.3 Å². The first-order valence-electron chi connectivity index (χ1n) is 7.88. The Hall–Kier alpha value is -3.09. The monoisotopic (exact) mass is 322 g/mol. The summed E-state index contributed by atoms with van der Waals surface area (Å²) in [6.45, 7) is 3.93. The highest BCUT2D eigenvalue weighted by Crippen LogP contribution is 2.27. The van der Waals surface area contributed by atoms with E-state index in [0.29, 0.717) is 11.4 Å². The number of hydrogen-bond acceptors (Lipinski definition) is 3. The van der Waals surface area contributed by atoms with E-state index in [1.807, 2.05) is 45.2 Å². The molecule has 3 N–H and O–H groups in total. The zero-order valence-corrected chi connectivity index (χ0v) is 13.8. The molecule has 0 radical (unpaired) electrons. The highest BCUT2D eigenvalue weighted by Gasteiger charge is 2.20. The fraction of sp³-hybridized carbons (Fsp3) is 0.235. The molecule has 0 fully saturated rings. The Balaban J connectivity index is 1.78. The summed E-state index contributed by atoms with van der Waals surface area (Å²) in [5.74, 6) is 0.422. The largest absolute Gasteiger partial charge is 0.358 e. The van der Waals surface area contributed by atoms with E-state index in [0.717, 1.165) is 39.7 Å². The SMILES string of the molecule is CCc1nn(C)c2n[nH]c(NC(=O)c3c(C)[nH]c4ccccc34)c12. The van der Waals surface area contributed by atoms with Gasteiger partial charge in [0.05, 0.1) is 16.6 Å². The number of carbonyl (C=O) groups excluding carboxylic acids is 1. The van der Waals surface area contributed by atoms with Crippen LogP contribution < -0.4 is 5.32 Å². The van der Waals surface area contributed by atoms with Crippen molar-refractivity contribution in [2.75, 3.05) is 5.32 Å². The predicted octanol–water partition coefficient (Wildman–Crippen LogP) is 2.90. The van der Waals surface area contributed by atoms with E-state index in [-0.39, 0.29) is 5.91 Å². The Morgan fingerprint density at radius 1 is 1.33 bits per heavy atom. The summed E-state index contributed by atoms with van der Waals surface area (Å²) < 4.78 is 1.72. The van der Waals surface area contributed by atoms with Crippen LogP contribution in [-0.4, -0.2) is 30.9 Å². The third kappa shape index (κ3) is 2.01. The first kappa shape index (κ1) is 14.5. The van der Waals surface area contributed by atoms with Gasteiger partial charge in [-0.15, -0.1) is 0 Å². The molecule has 4 rings (SSSR count). The molecule has 3 heterocycles. The predicted molar refractivity (Wildman–Crippen MR) is 93.2 cm³/mol. The number of para-hydroxylation sites is 1. The Bertz CT molecular complexity index is 1070. The summed E-state index contributed by atoms with van der Waals surface area (Å²) in [6.07, 6.45) is 0.770. The molecule has 7 nitrogen and oxygen atoms in total. The van der Waals surface area contributed by atoms with Crippen LogP contribution in [0.4, 0.5) is 5.82 Å². The number of carbonyl (C=O) groups is 1. The van der Waals surface area contributed by atoms with Crippen molar-refractivity contribution in [2.45, 2.75) is 20.3 Å². The number of aryl methyl sites for hydroxylation is 3. The number of rotatable bonds is 3. The van der Waals surface area contributed by atoms with Gasteiger partial charge < -0.3 is 10.3 Å². The van der Waals surface area contributed by atoms with Crippen molar-refractivity contribution in [2.24, 2.45) is 7.05 Å². The molecule has 0 spiro atoms. The molecular formula is C17H18N6O. The highest BCUT2D eigenvalue weighted by atomic mass is 16.1. The van der Waals surface area contributed by atoms with Crippen molar-refractivity contribution < 1.29 is 4.79 Å². The second kappa shape index (κ2) is 5.23. The Morgan fingerprint density at radius 2 is 2.12 bits per heavy atom. The number of H-pyrrole nitrogens is 2. The Labute approximate surface area is 138 Å². The lowest BCUT2D eigenvalue weighted by atomic mass is 10.1. The Morgan fingerprint density at radius 3 is 2.92 bits per heavy atom. The van der Waals surface area contributed by atoms with E-state index in [2.05, 4.69) is 25.6 Å². The molecule has 0 bridgehead atoms. The summed E-state index contributed by atoms with van der Waals surface area (Å²) in [5, 5.41) is 16.4. The number of nitrogens with one attached hydrogen (secondary N) is 3. The summed E-state index contributed by atoms with van der Waals surface area (Å²) in [6, 6.07) is 7.78. The van der Waals surface area contributed by atoms with Gasteiger partial charge in [-0.3, -0.25) is 9.89 Å². The highest BCUT2D eigenvalue weighted by molar-refractivity contribution is 6.15. The lowest BCUT2D eigenvalue weighted by Gasteiger charge is -2.04. The number of nitrogens with zero attached hydrogens (tertiary/aromatic N) is 3. The third-order valence-electron chi connectivity index (χ3n) is 4.31. The van der Waals surface area contributed by atoms with Crippen LogP contribution in [0.5, 0.6) is 0 Å². The molecule has 0 unspecified atom stereocenters. The molecule has 0 saturated carbocycles. The molecule has 0 saturated heterocycles. The summed E-state index contributed by atoms with van der Waals surface area (Å²) >= 11 is 0. The van der Waals surface area contributed by atoms with Crippen molar-refractivity contribution in [3.8, 4) is 0 Å². The first-order valence-corrected chi connectivity index (χ1v) is 7.88. The van der Waals surface area contributed by atoms with E-state index in [1.54, 1.807) is 4.68 Å². The molecule has 122 valence electrons. The van der Waals surface area contributed by atoms with E-state index < -0.39 is 0 Å². The van der Waals surface area contributed by atoms with E-state index in [1.165, 1.54) is 0 Å². The van der Waals surface area contributed by atoms with Crippen LogP contribution in [0.1, 0.15) is 28.7 Å². The van der Waals surface area contributed by atoms with Gasteiger partial charge in [0.15, 0.2) is 5.65 Å². The van der Waals surface area contributed by atoms with Crippen LogP contribution in [0.2, 0.25) is 0 Å². The van der Waals surface area contributed by atoms with Crippen LogP contribution in [-0.2, 0) is 13.5 Å². The van der Waals surface area contributed by atoms with Gasteiger partial charge >= 0.3 is 0 Å². The van der Waals surface area contributed by atoms with Crippen molar-refractivity contribution in [1.29, 1.82) is 0 Å². The van der Waals surface area contributed by atoms with E-state index in [4.69, 9.17) is 0 Å². The average molecular weight is 322 g/mol. The summed E-state index contributed by atoms with van der Waals surface area (Å²) in [5.41, 5.74) is 4.08. The molecule has 3 aromatic heterocycles. The minimum absolute atomic E-state index is 0.165. The molecule has 7 heteroatoms. The standard InChI is InChI=1S/C17H18N6O/c1-4-11-14-15(20-21-16(14)23(3)22-11)19-17(24)13-9(2)18-12-8-6-5-7-10(12)13/h5-8,18H,4H2,1-3H3,(H2,19,20,21,24). The smallest absolute Gasteiger partial charge is 0.259 e. The molecule has 4 aromatic rings. The number of hydrogen-bond donors (Lipinski definition) is 3. The van der Waals surface area contributed by atoms with Crippen LogP contribution in [0.25, 0.3) is 21.9 Å². The lowest BCUT2D eigenvalue weighted by Crippen LogP contribution is -2.13. The molecule has 0 aliphatic carbocycles. The van der Waals surface area contributed by atoms with Gasteiger partial charge in [0.2, 0.25) is 0 Å². The second-order valence-corrected chi connectivity index (χ2v) is 5.85. The third-order valence-corrected chi connectivity index (χ3v) is 4.31. The van der Waals surface area contributed by atoms with Gasteiger partial charge in [-0.05, 0) is 19.4 Å². The van der Waals surface area contributed by atoms with Gasteiger partial charge in [0.1, 0.15) is 5.82 Å². The van der Waals surface area contributed by atoms with Crippen molar-refractivity contribution in [1.82, 2.24) is 25.0 Å². The van der Waals surface area contributed by atoms with Gasteiger partial charge in [-0.1, -0.05) is 25.1 Å². The number of benzene rings is 1. The lowest BCUT2D eigenvalue weighted by molar-refractivity contribution is 0.102. The average Bonchev–Trinajstić information content (AvgIpc) is 3.21. The van der Waals surface area contributed by atoms with Crippen LogP contribution in [0.3, 0.4) is 0 Å². The summed E-state index contributed by atoms with van der Waals surface area (Å²) in [7, 11) is 1.84. The van der Waals surface area contributed by atoms with Crippen molar-refractivity contribution in [3.63, 3.8) is 0 Å². The first-order chi connectivity index (χ1) is 11.6. The van der Waals surface area contributed by atoms with Crippen LogP contribution >= 0.6 is 0 Å².